The number of carbonyl (C=O) groups excluding carboxylic acids is 1. The lowest BCUT2D eigenvalue weighted by Crippen LogP contribution is -2.50. The second-order valence-corrected chi connectivity index (χ2v) is 5.59. The van der Waals surface area contributed by atoms with Gasteiger partial charge in [-0.2, -0.15) is 0 Å². The zero-order chi connectivity index (χ0) is 16.8. The van der Waals surface area contributed by atoms with Crippen molar-refractivity contribution in [3.8, 4) is 5.75 Å². The van der Waals surface area contributed by atoms with E-state index < -0.39 is 12.0 Å². The summed E-state index contributed by atoms with van der Waals surface area (Å²) in [5.74, 6) is -0.393. The lowest BCUT2D eigenvalue weighted by Gasteiger charge is -2.36. The molecule has 7 nitrogen and oxygen atoms in total. The van der Waals surface area contributed by atoms with Gasteiger partial charge in [0.1, 0.15) is 11.8 Å². The number of rotatable bonds is 6. The van der Waals surface area contributed by atoms with Gasteiger partial charge in [0.2, 0.25) is 5.91 Å². The molecule has 0 radical (unpaired) electrons. The van der Waals surface area contributed by atoms with Crippen LogP contribution in [0.25, 0.3) is 0 Å². The predicted octanol–water partition coefficient (Wildman–Crippen LogP) is 0.891. The summed E-state index contributed by atoms with van der Waals surface area (Å²) in [7, 11) is 1.60. The zero-order valence-electron chi connectivity index (χ0n) is 13.5. The monoisotopic (exact) mass is 321 g/mol. The molecule has 126 valence electrons. The Labute approximate surface area is 135 Å². The van der Waals surface area contributed by atoms with Gasteiger partial charge in [-0.1, -0.05) is 0 Å². The third-order valence-electron chi connectivity index (χ3n) is 4.06. The van der Waals surface area contributed by atoms with E-state index in [9.17, 15) is 14.7 Å². The fourth-order valence-corrected chi connectivity index (χ4v) is 2.88. The van der Waals surface area contributed by atoms with Gasteiger partial charge in [-0.25, -0.2) is 0 Å². The van der Waals surface area contributed by atoms with Crippen molar-refractivity contribution in [2.45, 2.75) is 32.4 Å². The largest absolute Gasteiger partial charge is 0.492 e. The number of aliphatic carboxylic acids is 1. The molecular formula is C16H23N3O4. The number of carboxylic acid groups (broad SMARTS) is 1. The number of carboxylic acids is 1. The zero-order valence-corrected chi connectivity index (χ0v) is 13.5. The number of amides is 1. The summed E-state index contributed by atoms with van der Waals surface area (Å²) in [6.07, 6.45) is 2.68. The normalized spacial score (nSPS) is 21.7. The van der Waals surface area contributed by atoms with E-state index in [1.54, 1.807) is 13.2 Å². The predicted molar refractivity (Wildman–Crippen MR) is 84.0 cm³/mol. The van der Waals surface area contributed by atoms with E-state index in [0.717, 1.165) is 5.69 Å². The summed E-state index contributed by atoms with van der Waals surface area (Å²) in [6.45, 7) is 3.29. The van der Waals surface area contributed by atoms with Gasteiger partial charge in [-0.05, 0) is 31.9 Å². The second-order valence-electron chi connectivity index (χ2n) is 5.59. The highest BCUT2D eigenvalue weighted by Gasteiger charge is 2.35. The van der Waals surface area contributed by atoms with E-state index in [1.807, 2.05) is 24.0 Å². The van der Waals surface area contributed by atoms with Crippen molar-refractivity contribution in [1.82, 2.24) is 15.2 Å². The van der Waals surface area contributed by atoms with Gasteiger partial charge < -0.3 is 15.2 Å². The molecule has 1 fully saturated rings. The molecule has 2 N–H and O–H groups in total. The number of ether oxygens (including phenoxy) is 1. The van der Waals surface area contributed by atoms with Crippen molar-refractivity contribution in [3.05, 3.63) is 24.0 Å². The molecule has 1 amide bonds. The SMILES string of the molecule is CCOc1ccc(CN2C[C@@H](C(=O)NC)CC[C@H]2C(=O)O)nc1. The second kappa shape index (κ2) is 7.92. The van der Waals surface area contributed by atoms with Gasteiger partial charge >= 0.3 is 5.97 Å². The topological polar surface area (TPSA) is 91.8 Å². The van der Waals surface area contributed by atoms with Gasteiger partial charge in [0, 0.05) is 20.1 Å². The van der Waals surface area contributed by atoms with Crippen molar-refractivity contribution < 1.29 is 19.4 Å². The first-order valence-electron chi connectivity index (χ1n) is 7.81. The van der Waals surface area contributed by atoms with Crippen molar-refractivity contribution in [2.24, 2.45) is 5.92 Å². The van der Waals surface area contributed by atoms with Crippen LogP contribution in [-0.4, -0.2) is 53.1 Å². The minimum atomic E-state index is -0.855. The maximum absolute atomic E-state index is 11.8. The number of hydrogen-bond donors (Lipinski definition) is 2. The molecule has 1 aliphatic rings. The van der Waals surface area contributed by atoms with Crippen LogP contribution in [-0.2, 0) is 16.1 Å². The number of carbonyl (C=O) groups is 2. The molecule has 23 heavy (non-hydrogen) atoms. The first kappa shape index (κ1) is 17.2. The molecule has 7 heteroatoms. The van der Waals surface area contributed by atoms with Crippen LogP contribution in [0.3, 0.4) is 0 Å². The van der Waals surface area contributed by atoms with E-state index in [2.05, 4.69) is 10.3 Å². The highest BCUT2D eigenvalue weighted by Crippen LogP contribution is 2.24. The third-order valence-corrected chi connectivity index (χ3v) is 4.06. The van der Waals surface area contributed by atoms with Crippen LogP contribution in [0.15, 0.2) is 18.3 Å². The van der Waals surface area contributed by atoms with Crippen LogP contribution in [0.5, 0.6) is 5.75 Å². The van der Waals surface area contributed by atoms with E-state index in [0.29, 0.717) is 38.3 Å². The number of piperidine rings is 1. The van der Waals surface area contributed by atoms with E-state index in [1.165, 1.54) is 0 Å². The van der Waals surface area contributed by atoms with E-state index in [4.69, 9.17) is 4.74 Å². The van der Waals surface area contributed by atoms with Crippen LogP contribution in [0.2, 0.25) is 0 Å². The Morgan fingerprint density at radius 2 is 2.22 bits per heavy atom. The van der Waals surface area contributed by atoms with Crippen LogP contribution < -0.4 is 10.1 Å². The van der Waals surface area contributed by atoms with Crippen LogP contribution in [0.4, 0.5) is 0 Å². The standard InChI is InChI=1S/C16H23N3O4/c1-3-23-13-6-5-12(18-8-13)10-19-9-11(15(20)17-2)4-7-14(19)16(21)22/h5-6,8,11,14H,3-4,7,9-10H2,1-2H3,(H,17,20)(H,21,22)/t11-,14-/m0/s1. The molecule has 1 aromatic rings. The molecule has 0 spiro atoms. The fourth-order valence-electron chi connectivity index (χ4n) is 2.88. The summed E-state index contributed by atoms with van der Waals surface area (Å²) >= 11 is 0. The average molecular weight is 321 g/mol. The molecule has 0 unspecified atom stereocenters. The van der Waals surface area contributed by atoms with Gasteiger partial charge in [-0.3, -0.25) is 19.5 Å². The maximum atomic E-state index is 11.8. The Morgan fingerprint density at radius 1 is 1.43 bits per heavy atom. The smallest absolute Gasteiger partial charge is 0.320 e. The van der Waals surface area contributed by atoms with Crippen molar-refractivity contribution in [1.29, 1.82) is 0 Å². The van der Waals surface area contributed by atoms with Crippen molar-refractivity contribution in [3.63, 3.8) is 0 Å². The molecular weight excluding hydrogens is 298 g/mol. The Bertz CT molecular complexity index is 547. The molecule has 0 aliphatic carbocycles. The Morgan fingerprint density at radius 3 is 2.78 bits per heavy atom. The summed E-state index contributed by atoms with van der Waals surface area (Å²) < 4.78 is 5.35. The maximum Gasteiger partial charge on any atom is 0.320 e. The van der Waals surface area contributed by atoms with E-state index in [-0.39, 0.29) is 11.8 Å². The number of nitrogens with one attached hydrogen (secondary N) is 1. The van der Waals surface area contributed by atoms with Crippen molar-refractivity contribution in [2.75, 3.05) is 20.2 Å². The number of hydrogen-bond acceptors (Lipinski definition) is 5. The van der Waals surface area contributed by atoms with Gasteiger partial charge in [0.05, 0.1) is 24.4 Å². The minimum Gasteiger partial charge on any atom is -0.492 e. The van der Waals surface area contributed by atoms with Gasteiger partial charge in [0.15, 0.2) is 0 Å². The quantitative estimate of drug-likeness (QED) is 0.808. The molecule has 2 heterocycles. The Kier molecular flexibility index (Phi) is 5.92. The Hall–Kier alpha value is -2.15. The molecule has 2 rings (SSSR count). The number of aromatic nitrogens is 1. The van der Waals surface area contributed by atoms with Crippen LogP contribution in [0.1, 0.15) is 25.5 Å². The first-order chi connectivity index (χ1) is 11.0. The lowest BCUT2D eigenvalue weighted by atomic mass is 9.91. The fraction of sp³-hybridized carbons (Fsp3) is 0.562. The molecule has 1 aromatic heterocycles. The summed E-state index contributed by atoms with van der Waals surface area (Å²) in [6, 6.07) is 3.07. The minimum absolute atomic E-state index is 0.0431. The first-order valence-corrected chi connectivity index (χ1v) is 7.81. The van der Waals surface area contributed by atoms with Crippen LogP contribution in [0, 0.1) is 5.92 Å². The summed E-state index contributed by atoms with van der Waals surface area (Å²) in [5.41, 5.74) is 0.761. The molecule has 0 aromatic carbocycles. The highest BCUT2D eigenvalue weighted by molar-refractivity contribution is 5.79. The van der Waals surface area contributed by atoms with Gasteiger partial charge in [-0.15, -0.1) is 0 Å². The van der Waals surface area contributed by atoms with E-state index >= 15 is 0 Å². The highest BCUT2D eigenvalue weighted by atomic mass is 16.5. The average Bonchev–Trinajstić information content (AvgIpc) is 2.56. The molecule has 2 atom stereocenters. The summed E-state index contributed by atoms with van der Waals surface area (Å²) in [5, 5.41) is 12.0. The Balaban J connectivity index is 2.08. The van der Waals surface area contributed by atoms with Crippen molar-refractivity contribution >= 4 is 11.9 Å². The van der Waals surface area contributed by atoms with Gasteiger partial charge in [0.25, 0.3) is 0 Å². The number of nitrogens with zero attached hydrogens (tertiary/aromatic N) is 2. The number of likely N-dealkylation sites (tertiary alicyclic amines) is 1. The summed E-state index contributed by atoms with van der Waals surface area (Å²) in [4.78, 5) is 29.4. The van der Waals surface area contributed by atoms with Crippen LogP contribution >= 0.6 is 0 Å². The lowest BCUT2D eigenvalue weighted by molar-refractivity contribution is -0.147. The molecule has 0 saturated carbocycles. The third kappa shape index (κ3) is 4.41. The molecule has 1 aliphatic heterocycles. The molecule has 1 saturated heterocycles. The number of pyridine rings is 1. The molecule has 0 bridgehead atoms.